The van der Waals surface area contributed by atoms with Gasteiger partial charge in [-0.05, 0) is 80.9 Å². The van der Waals surface area contributed by atoms with Crippen LogP contribution in [0.4, 0.5) is 0 Å². The largest absolute Gasteiger partial charge is 0.456 e. The molecule has 2 aromatic heterocycles. The van der Waals surface area contributed by atoms with Crippen LogP contribution in [0.15, 0.2) is 205 Å². The van der Waals surface area contributed by atoms with E-state index in [1.54, 1.807) is 0 Å². The highest BCUT2D eigenvalue weighted by Gasteiger charge is 2.17. The second-order valence-corrected chi connectivity index (χ2v) is 13.7. The zero-order valence-electron chi connectivity index (χ0n) is 29.8. The number of nitrogens with zero attached hydrogens (tertiary/aromatic N) is 3. The maximum absolute atomic E-state index is 6.29. The van der Waals surface area contributed by atoms with Crippen molar-refractivity contribution in [3.63, 3.8) is 0 Å². The highest BCUT2D eigenvalue weighted by atomic mass is 16.3. The number of furan rings is 1. The predicted molar refractivity (Wildman–Crippen MR) is 225 cm³/mol. The predicted octanol–water partition coefficient (Wildman–Crippen LogP) is 13.4. The summed E-state index contributed by atoms with van der Waals surface area (Å²) in [5.74, 6) is 1.77. The second-order valence-electron chi connectivity index (χ2n) is 13.7. The standard InChI is InChI=1S/C51H33N3O/c1-4-12-34(13-5-1)37-20-22-39(23-21-37)43-30-42(36-16-8-3-9-17-36)31-44(32-43)51-53-49(40-26-24-38(25-27-40)35-14-6-2-7-15-35)52-50(54-51)41-28-29-46-45-18-10-11-19-47(45)55-48(46)33-41/h1-33H. The normalized spacial score (nSPS) is 11.3. The van der Waals surface area contributed by atoms with E-state index in [0.717, 1.165) is 72.0 Å². The average Bonchev–Trinajstić information content (AvgIpc) is 3.65. The topological polar surface area (TPSA) is 51.8 Å². The molecular weight excluding hydrogens is 671 g/mol. The SMILES string of the molecule is c1ccc(-c2ccc(-c3cc(-c4ccccc4)cc(-c4nc(-c5ccc(-c6ccccc6)cc5)nc(-c5ccc6c(c5)oc5ccccc56)n4)c3)cc2)cc1. The number of fused-ring (bicyclic) bond motifs is 3. The van der Waals surface area contributed by atoms with Crippen LogP contribution in [0.2, 0.25) is 0 Å². The number of benzene rings is 8. The molecular formula is C51H33N3O. The molecule has 0 spiro atoms. The minimum absolute atomic E-state index is 0.577. The third-order valence-corrected chi connectivity index (χ3v) is 10.1. The zero-order chi connectivity index (χ0) is 36.6. The van der Waals surface area contributed by atoms with E-state index in [1.165, 1.54) is 11.1 Å². The smallest absolute Gasteiger partial charge is 0.164 e. The number of hydrogen-bond acceptors (Lipinski definition) is 4. The van der Waals surface area contributed by atoms with Crippen molar-refractivity contribution in [2.45, 2.75) is 0 Å². The lowest BCUT2D eigenvalue weighted by Gasteiger charge is -2.13. The molecule has 0 amide bonds. The first kappa shape index (κ1) is 32.2. The van der Waals surface area contributed by atoms with Gasteiger partial charge in [0.1, 0.15) is 11.2 Å². The number of para-hydroxylation sites is 1. The molecule has 55 heavy (non-hydrogen) atoms. The minimum atomic E-state index is 0.577. The first-order chi connectivity index (χ1) is 27.2. The van der Waals surface area contributed by atoms with Gasteiger partial charge in [-0.15, -0.1) is 0 Å². The first-order valence-electron chi connectivity index (χ1n) is 18.4. The van der Waals surface area contributed by atoms with Gasteiger partial charge in [-0.3, -0.25) is 0 Å². The van der Waals surface area contributed by atoms with Crippen LogP contribution >= 0.6 is 0 Å². The van der Waals surface area contributed by atoms with Gasteiger partial charge in [0.05, 0.1) is 0 Å². The van der Waals surface area contributed by atoms with E-state index in [-0.39, 0.29) is 0 Å². The number of hydrogen-bond donors (Lipinski definition) is 0. The van der Waals surface area contributed by atoms with Crippen LogP contribution in [-0.2, 0) is 0 Å². The zero-order valence-corrected chi connectivity index (χ0v) is 29.8. The Bertz CT molecular complexity index is 2940. The van der Waals surface area contributed by atoms with Crippen LogP contribution in [0, 0.1) is 0 Å². The summed E-state index contributed by atoms with van der Waals surface area (Å²) in [6, 6.07) is 69.5. The van der Waals surface area contributed by atoms with Crippen LogP contribution in [0.1, 0.15) is 0 Å². The van der Waals surface area contributed by atoms with Gasteiger partial charge >= 0.3 is 0 Å². The lowest BCUT2D eigenvalue weighted by molar-refractivity contribution is 0.669. The maximum Gasteiger partial charge on any atom is 0.164 e. The van der Waals surface area contributed by atoms with Crippen LogP contribution in [0.3, 0.4) is 0 Å². The van der Waals surface area contributed by atoms with E-state index in [1.807, 2.05) is 42.5 Å². The van der Waals surface area contributed by atoms with Crippen molar-refractivity contribution in [2.24, 2.45) is 0 Å². The summed E-state index contributed by atoms with van der Waals surface area (Å²) in [6.07, 6.45) is 0. The fourth-order valence-electron chi connectivity index (χ4n) is 7.28. The summed E-state index contributed by atoms with van der Waals surface area (Å²) in [7, 11) is 0. The molecule has 0 aliphatic heterocycles. The van der Waals surface area contributed by atoms with Crippen LogP contribution in [0.25, 0.3) is 101 Å². The van der Waals surface area contributed by atoms with Crippen molar-refractivity contribution in [3.05, 3.63) is 200 Å². The highest BCUT2D eigenvalue weighted by Crippen LogP contribution is 2.36. The Balaban J connectivity index is 1.13. The van der Waals surface area contributed by atoms with Gasteiger partial charge in [-0.1, -0.05) is 164 Å². The summed E-state index contributed by atoms with van der Waals surface area (Å²) in [5, 5.41) is 2.14. The van der Waals surface area contributed by atoms with Gasteiger partial charge < -0.3 is 4.42 Å². The third kappa shape index (κ3) is 6.36. The fourth-order valence-corrected chi connectivity index (χ4v) is 7.28. The maximum atomic E-state index is 6.29. The van der Waals surface area contributed by atoms with Crippen molar-refractivity contribution in [2.75, 3.05) is 0 Å². The van der Waals surface area contributed by atoms with Crippen LogP contribution < -0.4 is 0 Å². The van der Waals surface area contributed by atoms with Gasteiger partial charge in [0.15, 0.2) is 17.5 Å². The van der Waals surface area contributed by atoms with Crippen molar-refractivity contribution in [1.82, 2.24) is 15.0 Å². The molecule has 0 saturated heterocycles. The van der Waals surface area contributed by atoms with Gasteiger partial charge in [-0.2, -0.15) is 0 Å². The third-order valence-electron chi connectivity index (χ3n) is 10.1. The second kappa shape index (κ2) is 13.8. The average molecular weight is 704 g/mol. The molecule has 4 nitrogen and oxygen atoms in total. The number of aromatic nitrogens is 3. The summed E-state index contributed by atoms with van der Waals surface area (Å²) in [4.78, 5) is 15.5. The van der Waals surface area contributed by atoms with Crippen molar-refractivity contribution in [1.29, 1.82) is 0 Å². The van der Waals surface area contributed by atoms with Crippen LogP contribution in [0.5, 0.6) is 0 Å². The van der Waals surface area contributed by atoms with Crippen molar-refractivity contribution < 1.29 is 4.42 Å². The Morgan fingerprint density at radius 2 is 0.600 bits per heavy atom. The lowest BCUT2D eigenvalue weighted by Crippen LogP contribution is -2.00. The summed E-state index contributed by atoms with van der Waals surface area (Å²) < 4.78 is 6.29. The van der Waals surface area contributed by atoms with Gasteiger partial charge in [0.2, 0.25) is 0 Å². The Labute approximate surface area is 319 Å². The monoisotopic (exact) mass is 703 g/mol. The molecule has 0 radical (unpaired) electrons. The van der Waals surface area contributed by atoms with E-state index in [4.69, 9.17) is 19.4 Å². The number of rotatable bonds is 7. The van der Waals surface area contributed by atoms with Crippen molar-refractivity contribution >= 4 is 21.9 Å². The molecule has 0 aliphatic rings. The van der Waals surface area contributed by atoms with E-state index in [0.29, 0.717) is 17.5 Å². The minimum Gasteiger partial charge on any atom is -0.456 e. The summed E-state index contributed by atoms with van der Waals surface area (Å²) in [5.41, 5.74) is 13.4. The highest BCUT2D eigenvalue weighted by molar-refractivity contribution is 6.05. The fraction of sp³-hybridized carbons (Fsp3) is 0. The Hall–Kier alpha value is -7.43. The molecule has 258 valence electrons. The molecule has 4 heteroatoms. The van der Waals surface area contributed by atoms with Gasteiger partial charge in [-0.25, -0.2) is 15.0 Å². The molecule has 10 rings (SSSR count). The van der Waals surface area contributed by atoms with Crippen LogP contribution in [-0.4, -0.2) is 15.0 Å². The quantitative estimate of drug-likeness (QED) is 0.166. The molecule has 0 saturated carbocycles. The van der Waals surface area contributed by atoms with Gasteiger partial charge in [0.25, 0.3) is 0 Å². The molecule has 8 aromatic carbocycles. The summed E-state index contributed by atoms with van der Waals surface area (Å²) >= 11 is 0. The molecule has 0 atom stereocenters. The van der Waals surface area contributed by atoms with Crippen molar-refractivity contribution in [3.8, 4) is 78.7 Å². The molecule has 0 N–H and O–H groups in total. The molecule has 0 unspecified atom stereocenters. The van der Waals surface area contributed by atoms with Gasteiger partial charge in [0, 0.05) is 27.5 Å². The first-order valence-corrected chi connectivity index (χ1v) is 18.4. The molecule has 2 heterocycles. The molecule has 0 aliphatic carbocycles. The molecule has 10 aromatic rings. The van der Waals surface area contributed by atoms with E-state index in [2.05, 4.69) is 158 Å². The van der Waals surface area contributed by atoms with E-state index < -0.39 is 0 Å². The van der Waals surface area contributed by atoms with E-state index >= 15 is 0 Å². The Morgan fingerprint density at radius 3 is 1.16 bits per heavy atom. The summed E-state index contributed by atoms with van der Waals surface area (Å²) in [6.45, 7) is 0. The molecule has 0 bridgehead atoms. The lowest BCUT2D eigenvalue weighted by atomic mass is 9.94. The van der Waals surface area contributed by atoms with E-state index in [9.17, 15) is 0 Å². The Morgan fingerprint density at radius 1 is 0.236 bits per heavy atom. The Kier molecular flexibility index (Phi) is 8.12. The molecule has 0 fully saturated rings.